The molecule has 45 heavy (non-hydrogen) atoms. The number of amides is 1. The SMILES string of the molecule is C=CC(=O)N1C[C@H](C)N(c2nc(=O)n3c4nc(c(F)cc24)-c2c(F)ccc(F)c2OCCCc2ccnc(C(C)C)c2-3)C[C@H]1C. The van der Waals surface area contributed by atoms with Crippen molar-refractivity contribution in [1.29, 1.82) is 0 Å². The van der Waals surface area contributed by atoms with Gasteiger partial charge in [-0.1, -0.05) is 20.4 Å². The number of anilines is 1. The van der Waals surface area contributed by atoms with E-state index in [0.29, 0.717) is 37.3 Å². The number of nitrogens with zero attached hydrogens (tertiary/aromatic N) is 6. The summed E-state index contributed by atoms with van der Waals surface area (Å²) in [5, 5.41) is 0.194. The maximum atomic E-state index is 16.2. The quantitative estimate of drug-likeness (QED) is 0.287. The highest BCUT2D eigenvalue weighted by Gasteiger charge is 2.35. The van der Waals surface area contributed by atoms with E-state index in [1.54, 1.807) is 17.2 Å². The van der Waals surface area contributed by atoms with Crippen LogP contribution < -0.4 is 15.3 Å². The molecule has 234 valence electrons. The van der Waals surface area contributed by atoms with Crippen LogP contribution in [0.2, 0.25) is 0 Å². The number of benzene rings is 1. The molecule has 4 aromatic rings. The van der Waals surface area contributed by atoms with Gasteiger partial charge in [-0.3, -0.25) is 9.78 Å². The second-order valence-electron chi connectivity index (χ2n) is 11.8. The first-order chi connectivity index (χ1) is 21.5. The Morgan fingerprint density at radius 2 is 1.82 bits per heavy atom. The molecule has 0 spiro atoms. The van der Waals surface area contributed by atoms with Crippen LogP contribution >= 0.6 is 0 Å². The van der Waals surface area contributed by atoms with Crippen LogP contribution in [0.4, 0.5) is 19.0 Å². The lowest BCUT2D eigenvalue weighted by molar-refractivity contribution is -0.128. The van der Waals surface area contributed by atoms with Crippen LogP contribution in [0.3, 0.4) is 0 Å². The maximum absolute atomic E-state index is 16.2. The van der Waals surface area contributed by atoms with Crippen molar-refractivity contribution in [3.8, 4) is 22.7 Å². The van der Waals surface area contributed by atoms with E-state index in [0.717, 1.165) is 23.8 Å². The maximum Gasteiger partial charge on any atom is 0.355 e. The normalized spacial score (nSPS) is 18.2. The summed E-state index contributed by atoms with van der Waals surface area (Å²) in [4.78, 5) is 43.9. The van der Waals surface area contributed by atoms with Gasteiger partial charge in [-0.25, -0.2) is 27.5 Å². The number of carbonyl (C=O) groups excluding carboxylic acids is 1. The van der Waals surface area contributed by atoms with Gasteiger partial charge in [0, 0.05) is 31.4 Å². The van der Waals surface area contributed by atoms with Gasteiger partial charge in [0.25, 0.3) is 0 Å². The molecule has 3 aromatic heterocycles. The van der Waals surface area contributed by atoms with Crippen LogP contribution in [-0.2, 0) is 11.2 Å². The number of carbonyl (C=O) groups is 1. The van der Waals surface area contributed by atoms with E-state index in [9.17, 15) is 9.59 Å². The van der Waals surface area contributed by atoms with E-state index in [1.807, 2.05) is 32.6 Å². The van der Waals surface area contributed by atoms with Crippen LogP contribution in [0, 0.1) is 17.5 Å². The van der Waals surface area contributed by atoms with Gasteiger partial charge in [-0.2, -0.15) is 4.98 Å². The molecule has 2 aliphatic heterocycles. The average molecular weight is 619 g/mol. The van der Waals surface area contributed by atoms with Gasteiger partial charge in [-0.15, -0.1) is 0 Å². The Morgan fingerprint density at radius 3 is 2.56 bits per heavy atom. The minimum Gasteiger partial charge on any atom is -0.490 e. The number of hydrogen-bond donors (Lipinski definition) is 0. The highest BCUT2D eigenvalue weighted by Crippen LogP contribution is 2.39. The third kappa shape index (κ3) is 5.11. The van der Waals surface area contributed by atoms with E-state index in [1.165, 1.54) is 10.6 Å². The summed E-state index contributed by atoms with van der Waals surface area (Å²) in [5.74, 6) is -3.34. The summed E-state index contributed by atoms with van der Waals surface area (Å²) in [6, 6.07) is 4.16. The highest BCUT2D eigenvalue weighted by molar-refractivity contribution is 5.92. The Morgan fingerprint density at radius 1 is 1.07 bits per heavy atom. The van der Waals surface area contributed by atoms with Crippen molar-refractivity contribution >= 4 is 22.8 Å². The molecule has 0 saturated carbocycles. The Balaban J connectivity index is 1.70. The number of pyridine rings is 2. The lowest BCUT2D eigenvalue weighted by atomic mass is 10.0. The van der Waals surface area contributed by atoms with E-state index in [4.69, 9.17) is 4.74 Å². The summed E-state index contributed by atoms with van der Waals surface area (Å²) in [6.45, 7) is 11.8. The summed E-state index contributed by atoms with van der Waals surface area (Å²) in [6.07, 6.45) is 3.72. The number of fused-ring (bicyclic) bond motifs is 5. The molecular formula is C33H33F3N6O3. The van der Waals surface area contributed by atoms with E-state index in [2.05, 4.69) is 21.5 Å². The third-order valence-corrected chi connectivity index (χ3v) is 8.46. The van der Waals surface area contributed by atoms with Gasteiger partial charge in [0.15, 0.2) is 23.0 Å². The molecular weight excluding hydrogens is 585 g/mol. The second kappa shape index (κ2) is 11.6. The largest absolute Gasteiger partial charge is 0.490 e. The number of ether oxygens (including phenoxy) is 1. The van der Waals surface area contributed by atoms with Gasteiger partial charge in [0.1, 0.15) is 17.3 Å². The fraction of sp³-hybridized carbons (Fsp3) is 0.364. The monoisotopic (exact) mass is 618 g/mol. The predicted octanol–water partition coefficient (Wildman–Crippen LogP) is 5.32. The Labute approximate surface area is 258 Å². The minimum absolute atomic E-state index is 0.00532. The molecule has 9 nitrogen and oxygen atoms in total. The van der Waals surface area contributed by atoms with E-state index in [-0.39, 0.29) is 47.4 Å². The predicted molar refractivity (Wildman–Crippen MR) is 164 cm³/mol. The number of halogens is 3. The van der Waals surface area contributed by atoms with Crippen molar-refractivity contribution in [3.63, 3.8) is 0 Å². The van der Waals surface area contributed by atoms with Crippen molar-refractivity contribution in [2.45, 2.75) is 58.5 Å². The minimum atomic E-state index is -0.946. The zero-order chi connectivity index (χ0) is 32.2. The lowest BCUT2D eigenvalue weighted by Crippen LogP contribution is -2.58. The van der Waals surface area contributed by atoms with Crippen molar-refractivity contribution in [2.75, 3.05) is 24.6 Å². The molecule has 2 bridgehead atoms. The molecule has 0 aliphatic carbocycles. The van der Waals surface area contributed by atoms with Gasteiger partial charge >= 0.3 is 5.69 Å². The zero-order valence-corrected chi connectivity index (χ0v) is 25.5. The van der Waals surface area contributed by atoms with Crippen LogP contribution in [0.1, 0.15) is 51.3 Å². The highest BCUT2D eigenvalue weighted by atomic mass is 19.1. The molecule has 1 amide bonds. The third-order valence-electron chi connectivity index (χ3n) is 8.46. The summed E-state index contributed by atoms with van der Waals surface area (Å²) >= 11 is 0. The summed E-state index contributed by atoms with van der Waals surface area (Å²) in [7, 11) is 0. The first kappa shape index (κ1) is 30.3. The Kier molecular flexibility index (Phi) is 7.84. The molecule has 12 heteroatoms. The van der Waals surface area contributed by atoms with Crippen LogP contribution in [0.25, 0.3) is 28.0 Å². The van der Waals surface area contributed by atoms with Crippen molar-refractivity contribution in [3.05, 3.63) is 82.3 Å². The summed E-state index contributed by atoms with van der Waals surface area (Å²) in [5.41, 5.74) is 0.180. The van der Waals surface area contributed by atoms with Gasteiger partial charge in [-0.05, 0) is 68.5 Å². The fourth-order valence-electron chi connectivity index (χ4n) is 6.27. The van der Waals surface area contributed by atoms with Gasteiger partial charge < -0.3 is 14.5 Å². The standard InChI is InChI=1S/C33H33F3N6O3/c1-6-25(43)40-15-19(5)41(16-18(40)4)31-21-14-24(36)28-26-22(34)9-10-23(35)30(26)45-13-7-8-20-11-12-37-27(17(2)3)29(20)42(32(21)38-28)33(44)39-31/h6,9-12,14,17-19H,1,7-8,13,15-16H2,2-5H3/t18-,19+/m1/s1. The van der Waals surface area contributed by atoms with E-state index < -0.39 is 40.1 Å². The molecule has 1 saturated heterocycles. The lowest BCUT2D eigenvalue weighted by Gasteiger charge is -2.44. The Hall–Kier alpha value is -4.74. The topological polar surface area (TPSA) is 93.5 Å². The zero-order valence-electron chi connectivity index (χ0n) is 25.5. The van der Waals surface area contributed by atoms with Crippen LogP contribution in [0.15, 0.2) is 47.9 Å². The first-order valence-corrected chi connectivity index (χ1v) is 14.9. The molecule has 6 rings (SSSR count). The number of hydrogen-bond acceptors (Lipinski definition) is 7. The number of rotatable bonds is 3. The summed E-state index contributed by atoms with van der Waals surface area (Å²) < 4.78 is 53.7. The van der Waals surface area contributed by atoms with Crippen molar-refractivity contribution in [1.82, 2.24) is 24.4 Å². The molecule has 1 aromatic carbocycles. The van der Waals surface area contributed by atoms with Gasteiger partial charge in [0.2, 0.25) is 5.91 Å². The van der Waals surface area contributed by atoms with Gasteiger partial charge in [0.05, 0.1) is 28.9 Å². The number of piperazine rings is 1. The molecule has 0 N–H and O–H groups in total. The Bertz CT molecular complexity index is 1910. The molecule has 0 radical (unpaired) electrons. The van der Waals surface area contributed by atoms with Crippen LogP contribution in [0.5, 0.6) is 5.75 Å². The van der Waals surface area contributed by atoms with Crippen molar-refractivity contribution < 1.29 is 22.7 Å². The molecule has 1 fully saturated rings. The molecule has 2 aliphatic rings. The fourth-order valence-corrected chi connectivity index (χ4v) is 6.27. The van der Waals surface area contributed by atoms with Crippen LogP contribution in [-0.4, -0.2) is 62.1 Å². The van der Waals surface area contributed by atoms with E-state index >= 15 is 13.2 Å². The first-order valence-electron chi connectivity index (χ1n) is 14.9. The number of aromatic nitrogens is 4. The van der Waals surface area contributed by atoms with Crippen molar-refractivity contribution in [2.24, 2.45) is 0 Å². The molecule has 2 atom stereocenters. The molecule has 5 heterocycles. The average Bonchev–Trinajstić information content (AvgIpc) is 3.00. The number of aryl methyl sites for hydroxylation is 1. The molecule has 0 unspecified atom stereocenters. The second-order valence-corrected chi connectivity index (χ2v) is 11.8. The smallest absolute Gasteiger partial charge is 0.355 e.